The van der Waals surface area contributed by atoms with Crippen LogP contribution in [0, 0.1) is 29.0 Å². The molecule has 6 nitrogen and oxygen atoms in total. The predicted octanol–water partition coefficient (Wildman–Crippen LogP) is 2.44. The molecule has 3 unspecified atom stereocenters. The van der Waals surface area contributed by atoms with Crippen LogP contribution in [0.5, 0.6) is 0 Å². The molecule has 0 bridgehead atoms. The van der Waals surface area contributed by atoms with Crippen LogP contribution in [-0.2, 0) is 9.59 Å². The van der Waals surface area contributed by atoms with Crippen LogP contribution in [0.15, 0.2) is 29.6 Å². The van der Waals surface area contributed by atoms with E-state index in [0.717, 1.165) is 6.07 Å². The molecule has 26 heavy (non-hydrogen) atoms. The third-order valence-corrected chi connectivity index (χ3v) is 5.48. The molecule has 0 aromatic heterocycles. The van der Waals surface area contributed by atoms with Gasteiger partial charge in [0.1, 0.15) is 23.0 Å². The van der Waals surface area contributed by atoms with Gasteiger partial charge in [0.25, 0.3) is 5.91 Å². The van der Waals surface area contributed by atoms with Crippen molar-refractivity contribution < 1.29 is 14.0 Å². The second-order valence-corrected chi connectivity index (χ2v) is 7.15. The average Bonchev–Trinajstić information content (AvgIpc) is 2.95. The molecule has 0 aliphatic heterocycles. The van der Waals surface area contributed by atoms with E-state index in [2.05, 4.69) is 10.6 Å². The first-order valence-corrected chi connectivity index (χ1v) is 8.75. The van der Waals surface area contributed by atoms with Crippen molar-refractivity contribution in [3.63, 3.8) is 0 Å². The van der Waals surface area contributed by atoms with Gasteiger partial charge < -0.3 is 21.8 Å². The van der Waals surface area contributed by atoms with Crippen LogP contribution in [0.4, 0.5) is 10.1 Å². The number of nitrogens with two attached hydrogens (primary N) is 1. The number of amides is 1. The Bertz CT molecular complexity index is 823. The first kappa shape index (κ1) is 18.4. The molecule has 8 heteroatoms. The Balaban J connectivity index is 1.79. The van der Waals surface area contributed by atoms with Gasteiger partial charge in [-0.25, -0.2) is 4.39 Å². The second-order valence-electron chi connectivity index (χ2n) is 6.74. The molecule has 0 saturated heterocycles. The molecule has 1 amide bonds. The molecule has 0 spiro atoms. The van der Waals surface area contributed by atoms with Crippen molar-refractivity contribution in [2.24, 2.45) is 23.5 Å². The Labute approximate surface area is 155 Å². The standard InChI is InChI=1S/C18H20ClFN4O2/c1-23-17(22)15(16(21)9-4-8-6-14(25)11(8)5-9)18(26)24-10-2-3-13(20)12(19)7-10/h2-3,7-9,11,21,23H,4-6,22H2,1H3,(H,24,26)/b17-15+,21-16?. The molecule has 3 atom stereocenters. The average molecular weight is 379 g/mol. The molecule has 2 saturated carbocycles. The molecule has 138 valence electrons. The third-order valence-electron chi connectivity index (χ3n) is 5.19. The second kappa shape index (κ2) is 7.07. The fraction of sp³-hybridized carbons (Fsp3) is 0.389. The molecular formula is C18H20ClFN4O2. The maximum atomic E-state index is 13.3. The molecule has 1 aromatic rings. The first-order chi connectivity index (χ1) is 12.3. The molecule has 1 aromatic carbocycles. The summed E-state index contributed by atoms with van der Waals surface area (Å²) >= 11 is 5.74. The summed E-state index contributed by atoms with van der Waals surface area (Å²) < 4.78 is 13.3. The van der Waals surface area contributed by atoms with Crippen LogP contribution in [0.25, 0.3) is 0 Å². The zero-order valence-corrected chi connectivity index (χ0v) is 15.0. The maximum absolute atomic E-state index is 13.3. The Morgan fingerprint density at radius 2 is 2.12 bits per heavy atom. The Hall–Kier alpha value is -2.41. The number of Topliss-reactive ketones (excluding diaryl/α,β-unsaturated/α-hetero) is 1. The van der Waals surface area contributed by atoms with E-state index in [-0.39, 0.29) is 39.7 Å². The van der Waals surface area contributed by atoms with E-state index in [4.69, 9.17) is 22.7 Å². The Morgan fingerprint density at radius 3 is 2.69 bits per heavy atom. The van der Waals surface area contributed by atoms with Gasteiger partial charge in [-0.15, -0.1) is 0 Å². The summed E-state index contributed by atoms with van der Waals surface area (Å²) in [6.07, 6.45) is 1.86. The fourth-order valence-electron chi connectivity index (χ4n) is 3.72. The molecule has 0 heterocycles. The number of ketones is 1. The van der Waals surface area contributed by atoms with Crippen molar-refractivity contribution in [2.45, 2.75) is 19.3 Å². The smallest absolute Gasteiger partial charge is 0.261 e. The summed E-state index contributed by atoms with van der Waals surface area (Å²) in [4.78, 5) is 24.3. The number of hydrogen-bond acceptors (Lipinski definition) is 5. The van der Waals surface area contributed by atoms with Gasteiger partial charge in [-0.3, -0.25) is 9.59 Å². The normalized spacial score (nSPS) is 25.0. The molecule has 5 N–H and O–H groups in total. The Kier molecular flexibility index (Phi) is 5.00. The summed E-state index contributed by atoms with van der Waals surface area (Å²) in [5.74, 6) is -0.709. The summed E-state index contributed by atoms with van der Waals surface area (Å²) in [6.45, 7) is 0. The van der Waals surface area contributed by atoms with E-state index < -0.39 is 11.7 Å². The van der Waals surface area contributed by atoms with Crippen LogP contribution in [-0.4, -0.2) is 24.4 Å². The first-order valence-electron chi connectivity index (χ1n) is 8.37. The lowest BCUT2D eigenvalue weighted by atomic mass is 9.75. The van der Waals surface area contributed by atoms with Gasteiger partial charge in [0.05, 0.1) is 10.7 Å². The monoisotopic (exact) mass is 378 g/mol. The quantitative estimate of drug-likeness (QED) is 0.466. The number of benzene rings is 1. The third kappa shape index (κ3) is 3.31. The lowest BCUT2D eigenvalue weighted by molar-refractivity contribution is -0.132. The van der Waals surface area contributed by atoms with Crippen molar-refractivity contribution in [3.8, 4) is 0 Å². The van der Waals surface area contributed by atoms with Crippen LogP contribution in [0.1, 0.15) is 19.3 Å². The highest BCUT2D eigenvalue weighted by Gasteiger charge is 2.48. The van der Waals surface area contributed by atoms with Crippen LogP contribution in [0.2, 0.25) is 5.02 Å². The number of anilines is 1. The highest BCUT2D eigenvalue weighted by atomic mass is 35.5. The van der Waals surface area contributed by atoms with E-state index in [1.54, 1.807) is 7.05 Å². The minimum Gasteiger partial charge on any atom is -0.385 e. The summed E-state index contributed by atoms with van der Waals surface area (Å²) in [7, 11) is 1.56. The minimum absolute atomic E-state index is 0.0105. The number of fused-ring (bicyclic) bond motifs is 1. The van der Waals surface area contributed by atoms with Crippen molar-refractivity contribution in [2.75, 3.05) is 12.4 Å². The number of carbonyl (C=O) groups excluding carboxylic acids is 2. The fourth-order valence-corrected chi connectivity index (χ4v) is 3.90. The van der Waals surface area contributed by atoms with Crippen molar-refractivity contribution in [1.82, 2.24) is 5.32 Å². The van der Waals surface area contributed by atoms with Gasteiger partial charge in [-0.05, 0) is 37.0 Å². The number of halogens is 2. The highest BCUT2D eigenvalue weighted by molar-refractivity contribution is 6.31. The van der Waals surface area contributed by atoms with E-state index in [0.29, 0.717) is 30.9 Å². The summed E-state index contributed by atoms with van der Waals surface area (Å²) in [5.41, 5.74) is 6.37. The highest BCUT2D eigenvalue weighted by Crippen LogP contribution is 2.48. The SMILES string of the molecule is CN/C(N)=C(\C(=N)C1CC2CC(=O)C2C1)C(=O)Nc1ccc(F)c(Cl)c1. The molecule has 2 fully saturated rings. The predicted molar refractivity (Wildman–Crippen MR) is 97.4 cm³/mol. The van der Waals surface area contributed by atoms with Gasteiger partial charge >= 0.3 is 0 Å². The lowest BCUT2D eigenvalue weighted by Gasteiger charge is -2.27. The molecule has 0 radical (unpaired) electrons. The topological polar surface area (TPSA) is 108 Å². The zero-order chi connectivity index (χ0) is 19.0. The number of hydrogen-bond donors (Lipinski definition) is 4. The van der Waals surface area contributed by atoms with Crippen molar-refractivity contribution in [1.29, 1.82) is 5.41 Å². The van der Waals surface area contributed by atoms with Gasteiger partial charge in [0.15, 0.2) is 0 Å². The number of rotatable bonds is 5. The van der Waals surface area contributed by atoms with E-state index >= 15 is 0 Å². The van der Waals surface area contributed by atoms with E-state index in [9.17, 15) is 14.0 Å². The van der Waals surface area contributed by atoms with Gasteiger partial charge in [-0.2, -0.15) is 0 Å². The molecular weight excluding hydrogens is 359 g/mol. The molecule has 3 rings (SSSR count). The van der Waals surface area contributed by atoms with Crippen LogP contribution < -0.4 is 16.4 Å². The number of nitrogens with one attached hydrogen (secondary N) is 3. The van der Waals surface area contributed by atoms with Gasteiger partial charge in [0, 0.05) is 31.0 Å². The van der Waals surface area contributed by atoms with E-state index in [1.165, 1.54) is 12.1 Å². The lowest BCUT2D eigenvalue weighted by Crippen LogP contribution is -2.32. The molecule has 2 aliphatic rings. The maximum Gasteiger partial charge on any atom is 0.261 e. The zero-order valence-electron chi connectivity index (χ0n) is 14.2. The number of carbonyl (C=O) groups is 2. The summed E-state index contributed by atoms with van der Waals surface area (Å²) in [6, 6.07) is 3.82. The van der Waals surface area contributed by atoms with Crippen LogP contribution >= 0.6 is 11.6 Å². The Morgan fingerprint density at radius 1 is 1.38 bits per heavy atom. The van der Waals surface area contributed by atoms with Crippen molar-refractivity contribution >= 4 is 34.7 Å². The largest absolute Gasteiger partial charge is 0.385 e. The van der Waals surface area contributed by atoms with Gasteiger partial charge in [-0.1, -0.05) is 11.6 Å². The molecule has 2 aliphatic carbocycles. The van der Waals surface area contributed by atoms with Gasteiger partial charge in [0.2, 0.25) is 0 Å². The minimum atomic E-state index is -0.589. The van der Waals surface area contributed by atoms with E-state index in [1.807, 2.05) is 0 Å². The summed E-state index contributed by atoms with van der Waals surface area (Å²) in [5, 5.41) is 13.7. The van der Waals surface area contributed by atoms with Crippen LogP contribution in [0.3, 0.4) is 0 Å². The van der Waals surface area contributed by atoms with Crippen molar-refractivity contribution in [3.05, 3.63) is 40.4 Å².